The predicted molar refractivity (Wildman–Crippen MR) is 69.6 cm³/mol. The minimum atomic E-state index is 0.537. The summed E-state index contributed by atoms with van der Waals surface area (Å²) in [5.41, 5.74) is 2.37. The van der Waals surface area contributed by atoms with E-state index in [1.165, 1.54) is 21.4 Å². The molecule has 2 nitrogen and oxygen atoms in total. The summed E-state index contributed by atoms with van der Waals surface area (Å²) in [5, 5.41) is 13.0. The lowest BCUT2D eigenvalue weighted by Gasteiger charge is -2.16. The molecular weight excluding hydrogens is 210 g/mol. The summed E-state index contributed by atoms with van der Waals surface area (Å²) >= 11 is 0. The van der Waals surface area contributed by atoms with Gasteiger partial charge in [0.25, 0.3) is 0 Å². The Morgan fingerprint density at radius 3 is 2.65 bits per heavy atom. The van der Waals surface area contributed by atoms with Crippen molar-refractivity contribution in [3.8, 4) is 0 Å². The maximum atomic E-state index is 9.29. The van der Waals surface area contributed by atoms with E-state index >= 15 is 0 Å². The van der Waals surface area contributed by atoms with Crippen LogP contribution in [0.4, 0.5) is 0 Å². The first-order valence-electron chi connectivity index (χ1n) is 5.66. The molecule has 0 bridgehead atoms. The number of hydrogen-bond donors (Lipinski definition) is 1. The van der Waals surface area contributed by atoms with Gasteiger partial charge in [-0.1, -0.05) is 48.5 Å². The van der Waals surface area contributed by atoms with Crippen LogP contribution in [0.5, 0.6) is 0 Å². The second-order valence-electron chi connectivity index (χ2n) is 4.12. The van der Waals surface area contributed by atoms with Gasteiger partial charge in [0.2, 0.25) is 0 Å². The van der Waals surface area contributed by atoms with E-state index in [2.05, 4.69) is 36.4 Å². The van der Waals surface area contributed by atoms with Crippen LogP contribution in [-0.2, 0) is 0 Å². The average molecular weight is 223 g/mol. The van der Waals surface area contributed by atoms with Crippen molar-refractivity contribution < 1.29 is 5.21 Å². The maximum Gasteiger partial charge on any atom is 0.0636 e. The number of benzene rings is 2. The number of nitrogens with zero attached hydrogens (tertiary/aromatic N) is 1. The summed E-state index contributed by atoms with van der Waals surface area (Å²) < 4.78 is 0. The molecule has 1 aliphatic rings. The Bertz CT molecular complexity index is 608. The molecule has 0 atom stereocenters. The van der Waals surface area contributed by atoms with Gasteiger partial charge < -0.3 is 0 Å². The minimum Gasteiger partial charge on any atom is -0.289 e. The Kier molecular flexibility index (Phi) is 2.42. The highest BCUT2D eigenvalue weighted by Crippen LogP contribution is 2.27. The van der Waals surface area contributed by atoms with Gasteiger partial charge in [0.1, 0.15) is 0 Å². The molecule has 0 unspecified atom stereocenters. The van der Waals surface area contributed by atoms with Gasteiger partial charge in [0.05, 0.1) is 6.54 Å². The molecular formula is C15H13NO. The molecule has 0 fully saturated rings. The monoisotopic (exact) mass is 223 g/mol. The molecule has 84 valence electrons. The van der Waals surface area contributed by atoms with Crippen LogP contribution in [0.3, 0.4) is 0 Å². The maximum absolute atomic E-state index is 9.29. The molecule has 2 aromatic rings. The molecule has 3 rings (SSSR count). The largest absolute Gasteiger partial charge is 0.289 e. The van der Waals surface area contributed by atoms with Crippen LogP contribution < -0.4 is 0 Å². The molecule has 0 spiro atoms. The van der Waals surface area contributed by atoms with Gasteiger partial charge in [-0.3, -0.25) is 10.3 Å². The lowest BCUT2D eigenvalue weighted by atomic mass is 9.97. The number of hydroxylamine groups is 2. The lowest BCUT2D eigenvalue weighted by Crippen LogP contribution is -2.14. The first-order valence-corrected chi connectivity index (χ1v) is 5.66. The fraction of sp³-hybridized carbons (Fsp3) is 0.0667. The third-order valence-corrected chi connectivity index (χ3v) is 3.03. The summed E-state index contributed by atoms with van der Waals surface area (Å²) in [4.78, 5) is 0. The van der Waals surface area contributed by atoms with Gasteiger partial charge in [0, 0.05) is 6.20 Å². The zero-order valence-electron chi connectivity index (χ0n) is 9.38. The highest BCUT2D eigenvalue weighted by molar-refractivity contribution is 5.96. The molecule has 1 aliphatic heterocycles. The van der Waals surface area contributed by atoms with Crippen LogP contribution in [0.2, 0.25) is 0 Å². The Labute approximate surface area is 100 Å². The molecule has 2 heteroatoms. The van der Waals surface area contributed by atoms with E-state index in [0.717, 1.165) is 5.57 Å². The molecule has 0 radical (unpaired) electrons. The summed E-state index contributed by atoms with van der Waals surface area (Å²) in [5.74, 6) is 0. The van der Waals surface area contributed by atoms with Crippen molar-refractivity contribution in [1.82, 2.24) is 5.06 Å². The lowest BCUT2D eigenvalue weighted by molar-refractivity contribution is -0.0299. The summed E-state index contributed by atoms with van der Waals surface area (Å²) in [7, 11) is 0. The molecule has 1 N–H and O–H groups in total. The smallest absolute Gasteiger partial charge is 0.0636 e. The third-order valence-electron chi connectivity index (χ3n) is 3.03. The van der Waals surface area contributed by atoms with E-state index in [1.54, 1.807) is 6.20 Å². The Hall–Kier alpha value is -2.06. The zero-order chi connectivity index (χ0) is 11.7. The van der Waals surface area contributed by atoms with Crippen LogP contribution in [0.1, 0.15) is 5.56 Å². The van der Waals surface area contributed by atoms with Gasteiger partial charge in [-0.25, -0.2) is 0 Å². The molecule has 0 amide bonds. The van der Waals surface area contributed by atoms with Crippen molar-refractivity contribution in [3.05, 3.63) is 66.4 Å². The zero-order valence-corrected chi connectivity index (χ0v) is 9.38. The third kappa shape index (κ3) is 1.83. The van der Waals surface area contributed by atoms with E-state index in [4.69, 9.17) is 0 Å². The van der Waals surface area contributed by atoms with Crippen molar-refractivity contribution in [2.75, 3.05) is 6.54 Å². The van der Waals surface area contributed by atoms with Crippen molar-refractivity contribution in [2.45, 2.75) is 0 Å². The van der Waals surface area contributed by atoms with E-state index < -0.39 is 0 Å². The predicted octanol–water partition coefficient (Wildman–Crippen LogP) is 3.44. The molecule has 17 heavy (non-hydrogen) atoms. The van der Waals surface area contributed by atoms with Gasteiger partial charge in [-0.2, -0.15) is 0 Å². The van der Waals surface area contributed by atoms with Gasteiger partial charge in [-0.05, 0) is 28.0 Å². The van der Waals surface area contributed by atoms with E-state index in [1.807, 2.05) is 18.2 Å². The topological polar surface area (TPSA) is 23.5 Å². The van der Waals surface area contributed by atoms with Gasteiger partial charge in [-0.15, -0.1) is 0 Å². The summed E-state index contributed by atoms with van der Waals surface area (Å²) in [6.45, 7) is 0.537. The SMILES string of the molecule is ON1C=CC(c2cccc3ccccc23)=CC1. The van der Waals surface area contributed by atoms with Crippen LogP contribution in [0.25, 0.3) is 16.3 Å². The normalized spacial score (nSPS) is 15.1. The minimum absolute atomic E-state index is 0.537. The molecule has 2 aromatic carbocycles. The standard InChI is InChI=1S/C15H13NO/c17-16-10-8-13(9-11-16)15-7-3-5-12-4-1-2-6-14(12)15/h1-10,17H,11H2. The molecule has 0 aromatic heterocycles. The Morgan fingerprint density at radius 2 is 1.82 bits per heavy atom. The second kappa shape index (κ2) is 4.07. The Morgan fingerprint density at radius 1 is 1.00 bits per heavy atom. The highest BCUT2D eigenvalue weighted by atomic mass is 16.5. The van der Waals surface area contributed by atoms with Crippen LogP contribution in [0.15, 0.2) is 60.8 Å². The summed E-state index contributed by atoms with van der Waals surface area (Å²) in [6.07, 6.45) is 5.66. The Balaban J connectivity index is 2.15. The number of hydrogen-bond acceptors (Lipinski definition) is 2. The molecule has 1 heterocycles. The highest BCUT2D eigenvalue weighted by Gasteiger charge is 2.07. The molecule has 0 saturated heterocycles. The number of rotatable bonds is 1. The van der Waals surface area contributed by atoms with Crippen molar-refractivity contribution >= 4 is 16.3 Å². The average Bonchev–Trinajstić information content (AvgIpc) is 2.39. The van der Waals surface area contributed by atoms with Crippen molar-refractivity contribution in [3.63, 3.8) is 0 Å². The quantitative estimate of drug-likeness (QED) is 0.800. The summed E-state index contributed by atoms with van der Waals surface area (Å²) in [6, 6.07) is 14.6. The van der Waals surface area contributed by atoms with Crippen molar-refractivity contribution in [2.24, 2.45) is 0 Å². The molecule has 0 aliphatic carbocycles. The fourth-order valence-electron chi connectivity index (χ4n) is 2.16. The fourth-order valence-corrected chi connectivity index (χ4v) is 2.16. The number of allylic oxidation sites excluding steroid dienone is 2. The first-order chi connectivity index (χ1) is 8.34. The van der Waals surface area contributed by atoms with E-state index in [0.29, 0.717) is 6.54 Å². The van der Waals surface area contributed by atoms with Gasteiger partial charge in [0.15, 0.2) is 0 Å². The molecule has 0 saturated carbocycles. The van der Waals surface area contributed by atoms with Crippen LogP contribution >= 0.6 is 0 Å². The first kappa shape index (κ1) is 10.1. The van der Waals surface area contributed by atoms with Crippen LogP contribution in [0, 0.1) is 0 Å². The van der Waals surface area contributed by atoms with E-state index in [9.17, 15) is 5.21 Å². The van der Waals surface area contributed by atoms with Crippen LogP contribution in [-0.4, -0.2) is 16.8 Å². The second-order valence-corrected chi connectivity index (χ2v) is 4.12. The van der Waals surface area contributed by atoms with E-state index in [-0.39, 0.29) is 0 Å². The number of fused-ring (bicyclic) bond motifs is 1. The van der Waals surface area contributed by atoms with Gasteiger partial charge >= 0.3 is 0 Å². The van der Waals surface area contributed by atoms with Crippen molar-refractivity contribution in [1.29, 1.82) is 0 Å².